The average molecular weight is 349 g/mol. The van der Waals surface area contributed by atoms with Gasteiger partial charge in [-0.1, -0.05) is 30.3 Å². The molecule has 2 aromatic carbocycles. The van der Waals surface area contributed by atoms with Crippen molar-refractivity contribution in [1.29, 1.82) is 0 Å². The molecule has 0 radical (unpaired) electrons. The van der Waals surface area contributed by atoms with Crippen LogP contribution in [0.25, 0.3) is 0 Å². The van der Waals surface area contributed by atoms with Gasteiger partial charge < -0.3 is 14.2 Å². The minimum Gasteiger partial charge on any atom is -0.487 e. The quantitative estimate of drug-likeness (QED) is 0.820. The molecule has 1 heterocycles. The van der Waals surface area contributed by atoms with Gasteiger partial charge in [0, 0.05) is 0 Å². The fourth-order valence-corrected chi connectivity index (χ4v) is 3.06. The monoisotopic (exact) mass is 348 g/mol. The van der Waals surface area contributed by atoms with Gasteiger partial charge in [0.15, 0.2) is 6.29 Å². The Morgan fingerprint density at radius 3 is 2.57 bits per heavy atom. The van der Waals surface area contributed by atoms with E-state index < -0.39 is 0 Å². The van der Waals surface area contributed by atoms with E-state index in [4.69, 9.17) is 14.2 Å². The summed E-state index contributed by atoms with van der Waals surface area (Å²) < 4.78 is 18.2. The van der Waals surface area contributed by atoms with Crippen LogP contribution in [0.3, 0.4) is 0 Å². The van der Waals surface area contributed by atoms with Gasteiger partial charge in [0.1, 0.15) is 12.4 Å². The molecule has 1 saturated heterocycles. The van der Waals surface area contributed by atoms with Gasteiger partial charge in [-0.2, -0.15) is 0 Å². The van der Waals surface area contributed by atoms with Crippen molar-refractivity contribution in [3.8, 4) is 5.75 Å². The fraction of sp³-hybridized carbons (Fsp3) is 0.294. The van der Waals surface area contributed by atoms with E-state index in [-0.39, 0.29) is 6.29 Å². The summed E-state index contributed by atoms with van der Waals surface area (Å²) in [6, 6.07) is 14.2. The highest BCUT2D eigenvalue weighted by molar-refractivity contribution is 9.10. The first kappa shape index (κ1) is 14.6. The predicted molar refractivity (Wildman–Crippen MR) is 84.3 cm³/mol. The maximum atomic E-state index is 6.01. The van der Waals surface area contributed by atoms with Crippen LogP contribution in [0.15, 0.2) is 46.9 Å². The van der Waals surface area contributed by atoms with Gasteiger partial charge in [0.25, 0.3) is 0 Å². The van der Waals surface area contributed by atoms with Gasteiger partial charge in [0.05, 0.1) is 23.2 Å². The van der Waals surface area contributed by atoms with Crippen LogP contribution in [0.1, 0.15) is 23.0 Å². The van der Waals surface area contributed by atoms with Gasteiger partial charge in [-0.15, -0.1) is 0 Å². The first-order chi connectivity index (χ1) is 10.2. The minimum absolute atomic E-state index is 0.341. The van der Waals surface area contributed by atoms with Crippen LogP contribution in [0.2, 0.25) is 0 Å². The van der Waals surface area contributed by atoms with Gasteiger partial charge in [-0.3, -0.25) is 0 Å². The van der Waals surface area contributed by atoms with Gasteiger partial charge in [-0.05, 0) is 46.1 Å². The van der Waals surface area contributed by atoms with Crippen molar-refractivity contribution >= 4 is 15.9 Å². The lowest BCUT2D eigenvalue weighted by Gasteiger charge is -2.18. The van der Waals surface area contributed by atoms with E-state index in [0.29, 0.717) is 19.8 Å². The number of hydrogen-bond acceptors (Lipinski definition) is 3. The number of ether oxygens (including phenoxy) is 3. The normalized spacial score (nSPS) is 15.3. The zero-order chi connectivity index (χ0) is 14.7. The van der Waals surface area contributed by atoms with Crippen LogP contribution in [-0.4, -0.2) is 13.2 Å². The number of benzene rings is 2. The summed E-state index contributed by atoms with van der Waals surface area (Å²) in [5.74, 6) is 0.788. The maximum absolute atomic E-state index is 6.01. The summed E-state index contributed by atoms with van der Waals surface area (Å²) in [4.78, 5) is 0. The molecule has 4 heteroatoms. The van der Waals surface area contributed by atoms with Crippen LogP contribution in [0, 0.1) is 6.92 Å². The van der Waals surface area contributed by atoms with Crippen molar-refractivity contribution in [2.45, 2.75) is 19.8 Å². The summed E-state index contributed by atoms with van der Waals surface area (Å²) in [7, 11) is 0. The molecule has 0 bridgehead atoms. The molecular weight excluding hydrogens is 332 g/mol. The Bertz CT molecular complexity index is 607. The number of rotatable bonds is 4. The molecule has 3 rings (SSSR count). The summed E-state index contributed by atoms with van der Waals surface area (Å²) in [6.07, 6.45) is -0.341. The molecule has 1 aliphatic rings. The second-order valence-corrected chi connectivity index (χ2v) is 5.87. The molecule has 1 aliphatic heterocycles. The van der Waals surface area contributed by atoms with Crippen LogP contribution >= 0.6 is 15.9 Å². The zero-order valence-electron chi connectivity index (χ0n) is 11.8. The molecule has 0 aromatic heterocycles. The highest BCUT2D eigenvalue weighted by Crippen LogP contribution is 2.38. The fourth-order valence-electron chi connectivity index (χ4n) is 2.35. The van der Waals surface area contributed by atoms with Crippen LogP contribution in [0.5, 0.6) is 5.75 Å². The molecule has 110 valence electrons. The molecule has 21 heavy (non-hydrogen) atoms. The van der Waals surface area contributed by atoms with E-state index in [1.165, 1.54) is 0 Å². The first-order valence-electron chi connectivity index (χ1n) is 6.94. The Hall–Kier alpha value is -1.36. The van der Waals surface area contributed by atoms with E-state index >= 15 is 0 Å². The number of halogens is 1. The summed E-state index contributed by atoms with van der Waals surface area (Å²) >= 11 is 3.58. The first-order valence-corrected chi connectivity index (χ1v) is 7.73. The molecule has 0 saturated carbocycles. The number of aryl methyl sites for hydroxylation is 1. The summed E-state index contributed by atoms with van der Waals surface area (Å²) in [5.41, 5.74) is 3.21. The van der Waals surface area contributed by atoms with E-state index in [9.17, 15) is 0 Å². The molecule has 0 amide bonds. The molecular formula is C17H17BrO3. The third-order valence-electron chi connectivity index (χ3n) is 3.32. The van der Waals surface area contributed by atoms with Crippen LogP contribution in [-0.2, 0) is 16.1 Å². The molecule has 0 unspecified atom stereocenters. The number of hydrogen-bond donors (Lipinski definition) is 0. The van der Waals surface area contributed by atoms with Crippen molar-refractivity contribution in [2.75, 3.05) is 13.2 Å². The smallest absolute Gasteiger partial charge is 0.187 e. The molecule has 1 fully saturated rings. The van der Waals surface area contributed by atoms with Crippen LogP contribution < -0.4 is 4.74 Å². The third kappa shape index (κ3) is 3.46. The zero-order valence-corrected chi connectivity index (χ0v) is 13.4. The van der Waals surface area contributed by atoms with E-state index in [2.05, 4.69) is 22.0 Å². The van der Waals surface area contributed by atoms with E-state index in [0.717, 1.165) is 26.9 Å². The highest BCUT2D eigenvalue weighted by atomic mass is 79.9. The lowest BCUT2D eigenvalue weighted by atomic mass is 10.1. The van der Waals surface area contributed by atoms with Crippen molar-refractivity contribution in [3.05, 3.63) is 63.6 Å². The van der Waals surface area contributed by atoms with Gasteiger partial charge in [-0.25, -0.2) is 0 Å². The Kier molecular flexibility index (Phi) is 4.58. The Morgan fingerprint density at radius 1 is 1.14 bits per heavy atom. The topological polar surface area (TPSA) is 27.7 Å². The second-order valence-electron chi connectivity index (χ2n) is 5.01. The molecule has 0 aliphatic carbocycles. The van der Waals surface area contributed by atoms with Crippen molar-refractivity contribution < 1.29 is 14.2 Å². The molecule has 3 nitrogen and oxygen atoms in total. The van der Waals surface area contributed by atoms with Gasteiger partial charge >= 0.3 is 0 Å². The van der Waals surface area contributed by atoms with Crippen LogP contribution in [0.4, 0.5) is 0 Å². The summed E-state index contributed by atoms with van der Waals surface area (Å²) in [5, 5.41) is 0. The largest absolute Gasteiger partial charge is 0.487 e. The molecule has 0 atom stereocenters. The lowest BCUT2D eigenvalue weighted by Crippen LogP contribution is -2.05. The highest BCUT2D eigenvalue weighted by Gasteiger charge is 2.24. The van der Waals surface area contributed by atoms with Crippen molar-refractivity contribution in [3.63, 3.8) is 0 Å². The average Bonchev–Trinajstić information content (AvgIpc) is 3.01. The Morgan fingerprint density at radius 2 is 1.86 bits per heavy atom. The maximum Gasteiger partial charge on any atom is 0.187 e. The van der Waals surface area contributed by atoms with E-state index in [1.54, 1.807) is 0 Å². The van der Waals surface area contributed by atoms with E-state index in [1.807, 2.05) is 43.3 Å². The predicted octanol–water partition coefficient (Wildman–Crippen LogP) is 4.38. The molecule has 2 aromatic rings. The standard InChI is InChI=1S/C17H17BrO3/c1-12-9-14(17-19-7-8-20-17)16(15(18)10-12)21-11-13-5-3-2-4-6-13/h2-6,9-10,17H,7-8,11H2,1H3. The second kappa shape index (κ2) is 6.60. The summed E-state index contributed by atoms with van der Waals surface area (Å²) in [6.45, 7) is 3.80. The lowest BCUT2D eigenvalue weighted by molar-refractivity contribution is -0.0459. The molecule has 0 spiro atoms. The van der Waals surface area contributed by atoms with Crippen molar-refractivity contribution in [2.24, 2.45) is 0 Å². The molecule has 0 N–H and O–H groups in total. The van der Waals surface area contributed by atoms with Crippen molar-refractivity contribution in [1.82, 2.24) is 0 Å². The van der Waals surface area contributed by atoms with Gasteiger partial charge in [0.2, 0.25) is 0 Å². The Labute approximate surface area is 133 Å². The SMILES string of the molecule is Cc1cc(Br)c(OCc2ccccc2)c(C2OCCO2)c1. The third-order valence-corrected chi connectivity index (χ3v) is 3.91. The Balaban J connectivity index is 1.85. The minimum atomic E-state index is -0.341.